The van der Waals surface area contributed by atoms with Gasteiger partial charge in [0.05, 0.1) is 20.2 Å². The van der Waals surface area contributed by atoms with E-state index in [4.69, 9.17) is 4.74 Å². The molecule has 0 heterocycles. The van der Waals surface area contributed by atoms with E-state index in [-0.39, 0.29) is 0 Å². The molecule has 0 aliphatic rings. The average molecular weight is 276 g/mol. The first-order valence-electron chi connectivity index (χ1n) is 5.54. The summed E-state index contributed by atoms with van der Waals surface area (Å²) in [5, 5.41) is 4.55. The summed E-state index contributed by atoms with van der Waals surface area (Å²) in [5.41, 5.74) is 1.31. The van der Waals surface area contributed by atoms with E-state index in [9.17, 15) is 18.0 Å². The third-order valence-corrected chi connectivity index (χ3v) is 2.32. The summed E-state index contributed by atoms with van der Waals surface area (Å²) in [6, 6.07) is 5.01. The van der Waals surface area contributed by atoms with Crippen LogP contribution in [0.2, 0.25) is 0 Å². The molecule has 0 fully saturated rings. The molecule has 1 aromatic rings. The van der Waals surface area contributed by atoms with Crippen molar-refractivity contribution in [2.24, 2.45) is 0 Å². The van der Waals surface area contributed by atoms with Gasteiger partial charge in [0.25, 0.3) is 0 Å². The van der Waals surface area contributed by atoms with Crippen LogP contribution in [0.25, 0.3) is 0 Å². The van der Waals surface area contributed by atoms with Gasteiger partial charge in [0.15, 0.2) is 0 Å². The first kappa shape index (κ1) is 15.3. The van der Waals surface area contributed by atoms with Crippen molar-refractivity contribution in [2.45, 2.75) is 13.1 Å². The van der Waals surface area contributed by atoms with Crippen LogP contribution in [0.1, 0.15) is 5.56 Å². The van der Waals surface area contributed by atoms with Gasteiger partial charge in [-0.1, -0.05) is 0 Å². The molecule has 4 nitrogen and oxygen atoms in total. The normalized spacial score (nSPS) is 11.2. The molecule has 0 unspecified atom stereocenters. The van der Waals surface area contributed by atoms with Crippen molar-refractivity contribution >= 4 is 11.6 Å². The Kier molecular flexibility index (Phi) is 5.17. The molecule has 0 saturated carbocycles. The van der Waals surface area contributed by atoms with Crippen LogP contribution in [0, 0.1) is 6.92 Å². The first-order valence-corrected chi connectivity index (χ1v) is 5.54. The Hall–Kier alpha value is -1.76. The second-order valence-corrected chi connectivity index (χ2v) is 3.95. The second kappa shape index (κ2) is 6.42. The van der Waals surface area contributed by atoms with Crippen LogP contribution in [-0.4, -0.2) is 32.3 Å². The van der Waals surface area contributed by atoms with Gasteiger partial charge in [-0.2, -0.15) is 13.2 Å². The maximum absolute atomic E-state index is 11.9. The van der Waals surface area contributed by atoms with Gasteiger partial charge in [0.2, 0.25) is 5.91 Å². The molecule has 1 rings (SSSR count). The number of methoxy groups -OCH3 is 1. The quantitative estimate of drug-likeness (QED) is 0.866. The largest absolute Gasteiger partial charge is 0.497 e. The van der Waals surface area contributed by atoms with E-state index in [1.807, 2.05) is 5.32 Å². The third kappa shape index (κ3) is 5.60. The zero-order chi connectivity index (χ0) is 14.5. The molecule has 0 saturated heterocycles. The van der Waals surface area contributed by atoms with Gasteiger partial charge < -0.3 is 15.4 Å². The molecule has 106 valence electrons. The van der Waals surface area contributed by atoms with Crippen molar-refractivity contribution < 1.29 is 22.7 Å². The Morgan fingerprint density at radius 1 is 1.37 bits per heavy atom. The fourth-order valence-corrected chi connectivity index (χ4v) is 1.42. The monoisotopic (exact) mass is 276 g/mol. The molecule has 1 amide bonds. The molecule has 0 spiro atoms. The van der Waals surface area contributed by atoms with Crippen molar-refractivity contribution in [1.29, 1.82) is 0 Å². The first-order chi connectivity index (χ1) is 8.81. The molecule has 2 N–H and O–H groups in total. The molecular formula is C12H15F3N2O2. The topological polar surface area (TPSA) is 50.4 Å². The minimum atomic E-state index is -4.32. The van der Waals surface area contributed by atoms with Crippen LogP contribution >= 0.6 is 0 Å². The maximum atomic E-state index is 11.9. The van der Waals surface area contributed by atoms with E-state index >= 15 is 0 Å². The maximum Gasteiger partial charge on any atom is 0.401 e. The number of halogens is 3. The number of anilines is 1. The van der Waals surface area contributed by atoms with Gasteiger partial charge in [0, 0.05) is 5.69 Å². The highest BCUT2D eigenvalue weighted by Gasteiger charge is 2.26. The van der Waals surface area contributed by atoms with Crippen molar-refractivity contribution in [2.75, 3.05) is 25.5 Å². The fourth-order valence-electron chi connectivity index (χ4n) is 1.42. The molecule has 19 heavy (non-hydrogen) atoms. The smallest absolute Gasteiger partial charge is 0.401 e. The number of rotatable bonds is 5. The molecule has 1 aromatic carbocycles. The Labute approximate surface area is 108 Å². The predicted molar refractivity (Wildman–Crippen MR) is 65.3 cm³/mol. The van der Waals surface area contributed by atoms with Crippen LogP contribution in [0.15, 0.2) is 18.2 Å². The Morgan fingerprint density at radius 2 is 2.05 bits per heavy atom. The highest BCUT2D eigenvalue weighted by Crippen LogP contribution is 2.20. The van der Waals surface area contributed by atoms with Gasteiger partial charge in [-0.15, -0.1) is 0 Å². The van der Waals surface area contributed by atoms with E-state index in [0.29, 0.717) is 11.4 Å². The Morgan fingerprint density at radius 3 is 2.58 bits per heavy atom. The lowest BCUT2D eigenvalue weighted by molar-refractivity contribution is -0.126. The van der Waals surface area contributed by atoms with Crippen LogP contribution in [-0.2, 0) is 4.79 Å². The molecule has 0 bridgehead atoms. The van der Waals surface area contributed by atoms with Gasteiger partial charge in [0.1, 0.15) is 5.75 Å². The number of hydrogen-bond donors (Lipinski definition) is 2. The molecule has 0 aliphatic carbocycles. The number of carbonyl (C=O) groups excluding carboxylic acids is 1. The number of ether oxygens (including phenoxy) is 1. The highest BCUT2D eigenvalue weighted by molar-refractivity contribution is 5.93. The Balaban J connectivity index is 2.48. The number of aryl methyl sites for hydroxylation is 1. The SMILES string of the molecule is COc1ccc(NC(=O)CNCC(F)(F)F)c(C)c1. The van der Waals surface area contributed by atoms with Gasteiger partial charge >= 0.3 is 6.18 Å². The van der Waals surface area contributed by atoms with E-state index in [2.05, 4.69) is 5.32 Å². The van der Waals surface area contributed by atoms with Crippen molar-refractivity contribution in [1.82, 2.24) is 5.32 Å². The van der Waals surface area contributed by atoms with Crippen molar-refractivity contribution in [3.8, 4) is 5.75 Å². The fraction of sp³-hybridized carbons (Fsp3) is 0.417. The summed E-state index contributed by atoms with van der Waals surface area (Å²) < 4.78 is 40.6. The molecular weight excluding hydrogens is 261 g/mol. The summed E-state index contributed by atoms with van der Waals surface area (Å²) in [4.78, 5) is 11.4. The number of hydrogen-bond acceptors (Lipinski definition) is 3. The average Bonchev–Trinajstić information content (AvgIpc) is 2.30. The summed E-state index contributed by atoms with van der Waals surface area (Å²) in [6.45, 7) is 0.175. The van der Waals surface area contributed by atoms with E-state index in [1.54, 1.807) is 25.1 Å². The Bertz CT molecular complexity index is 447. The lowest BCUT2D eigenvalue weighted by atomic mass is 10.2. The van der Waals surface area contributed by atoms with Gasteiger partial charge in [-0.05, 0) is 30.7 Å². The lowest BCUT2D eigenvalue weighted by Crippen LogP contribution is -2.35. The van der Waals surface area contributed by atoms with E-state index in [1.165, 1.54) is 7.11 Å². The number of amides is 1. The molecule has 7 heteroatoms. The molecule has 0 radical (unpaired) electrons. The molecule has 0 aromatic heterocycles. The summed E-state index contributed by atoms with van der Waals surface area (Å²) in [7, 11) is 1.52. The zero-order valence-electron chi connectivity index (χ0n) is 10.6. The van der Waals surface area contributed by atoms with Crippen LogP contribution in [0.5, 0.6) is 5.75 Å². The summed E-state index contributed by atoms with van der Waals surface area (Å²) in [5.74, 6) is 0.114. The minimum Gasteiger partial charge on any atom is -0.497 e. The number of benzene rings is 1. The third-order valence-electron chi connectivity index (χ3n) is 2.32. The van der Waals surface area contributed by atoms with Crippen molar-refractivity contribution in [3.05, 3.63) is 23.8 Å². The van der Waals surface area contributed by atoms with Gasteiger partial charge in [-0.3, -0.25) is 4.79 Å². The predicted octanol–water partition coefficient (Wildman–Crippen LogP) is 2.09. The van der Waals surface area contributed by atoms with Gasteiger partial charge in [-0.25, -0.2) is 0 Å². The number of nitrogens with one attached hydrogen (secondary N) is 2. The standard InChI is InChI=1S/C12H15F3N2O2/c1-8-5-9(19-2)3-4-10(8)17-11(18)6-16-7-12(13,14)15/h3-5,16H,6-7H2,1-2H3,(H,17,18). The van der Waals surface area contributed by atoms with Crippen LogP contribution in [0.4, 0.5) is 18.9 Å². The van der Waals surface area contributed by atoms with Crippen molar-refractivity contribution in [3.63, 3.8) is 0 Å². The van der Waals surface area contributed by atoms with E-state index in [0.717, 1.165) is 5.56 Å². The molecule has 0 aliphatic heterocycles. The highest BCUT2D eigenvalue weighted by atomic mass is 19.4. The second-order valence-electron chi connectivity index (χ2n) is 3.95. The molecule has 0 atom stereocenters. The minimum absolute atomic E-state index is 0.398. The number of carbonyl (C=O) groups is 1. The summed E-state index contributed by atoms with van der Waals surface area (Å²) >= 11 is 0. The zero-order valence-corrected chi connectivity index (χ0v) is 10.6. The lowest BCUT2D eigenvalue weighted by Gasteiger charge is -2.11. The summed E-state index contributed by atoms with van der Waals surface area (Å²) in [6.07, 6.45) is -4.32. The van der Waals surface area contributed by atoms with Crippen LogP contribution < -0.4 is 15.4 Å². The van der Waals surface area contributed by atoms with Crippen LogP contribution in [0.3, 0.4) is 0 Å². The van der Waals surface area contributed by atoms with E-state index < -0.39 is 25.2 Å². The number of alkyl halides is 3.